The van der Waals surface area contributed by atoms with Gasteiger partial charge < -0.3 is 10.6 Å². The monoisotopic (exact) mass is 507 g/mol. The van der Waals surface area contributed by atoms with Crippen molar-refractivity contribution >= 4 is 50.1 Å². The minimum atomic E-state index is -3.40. The Morgan fingerprint density at radius 1 is 0.972 bits per heavy atom. The standard InChI is InChI=1S/C23H25N9O3S/c1-36(34,35)30-20-9-6-18(14-24-20)28-23-25-12-16-13-26-32(22(16)29-23)19-7-4-17(5-8-19)27-21(33)15-31-10-2-3-11-31/h4-9,12-14H,2-3,10-11,15H2,1H3,(H,24,30)(H,27,33)(H,25,28,29). The number of hydrogen-bond donors (Lipinski definition) is 3. The molecule has 4 heterocycles. The minimum absolute atomic E-state index is 0.0210. The molecule has 0 saturated carbocycles. The summed E-state index contributed by atoms with van der Waals surface area (Å²) in [5.74, 6) is 0.529. The van der Waals surface area contributed by atoms with Crippen molar-refractivity contribution in [2.45, 2.75) is 12.8 Å². The van der Waals surface area contributed by atoms with Gasteiger partial charge >= 0.3 is 0 Å². The third kappa shape index (κ3) is 5.75. The molecule has 0 atom stereocenters. The molecular formula is C23H25N9O3S. The zero-order valence-electron chi connectivity index (χ0n) is 19.5. The van der Waals surface area contributed by atoms with Gasteiger partial charge in [-0.15, -0.1) is 0 Å². The maximum atomic E-state index is 12.3. The van der Waals surface area contributed by atoms with Crippen LogP contribution in [0.25, 0.3) is 16.7 Å². The Morgan fingerprint density at radius 2 is 1.72 bits per heavy atom. The van der Waals surface area contributed by atoms with Crippen LogP contribution in [0.2, 0.25) is 0 Å². The predicted molar refractivity (Wildman–Crippen MR) is 137 cm³/mol. The lowest BCUT2D eigenvalue weighted by molar-refractivity contribution is -0.117. The van der Waals surface area contributed by atoms with Crippen molar-refractivity contribution in [1.82, 2.24) is 29.6 Å². The van der Waals surface area contributed by atoms with Gasteiger partial charge in [-0.25, -0.2) is 23.1 Å². The van der Waals surface area contributed by atoms with E-state index in [1.165, 1.54) is 12.3 Å². The van der Waals surface area contributed by atoms with E-state index in [1.54, 1.807) is 23.1 Å². The lowest BCUT2D eigenvalue weighted by Gasteiger charge is -2.14. The molecule has 5 rings (SSSR count). The molecule has 1 fully saturated rings. The lowest BCUT2D eigenvalue weighted by atomic mass is 10.2. The number of carbonyl (C=O) groups excluding carboxylic acids is 1. The van der Waals surface area contributed by atoms with Crippen molar-refractivity contribution in [1.29, 1.82) is 0 Å². The number of fused-ring (bicyclic) bond motifs is 1. The van der Waals surface area contributed by atoms with Crippen molar-refractivity contribution in [2.75, 3.05) is 41.2 Å². The van der Waals surface area contributed by atoms with Crippen molar-refractivity contribution in [3.05, 3.63) is 55.0 Å². The van der Waals surface area contributed by atoms with E-state index in [4.69, 9.17) is 0 Å². The van der Waals surface area contributed by atoms with Gasteiger partial charge in [0.1, 0.15) is 5.82 Å². The molecule has 0 radical (unpaired) electrons. The topological polar surface area (TPSA) is 147 Å². The Labute approximate surface area is 207 Å². The quantitative estimate of drug-likeness (QED) is 0.327. The summed E-state index contributed by atoms with van der Waals surface area (Å²) in [6.07, 6.45) is 8.17. The summed E-state index contributed by atoms with van der Waals surface area (Å²) < 4.78 is 26.7. The molecule has 3 aromatic heterocycles. The van der Waals surface area contributed by atoms with Crippen molar-refractivity contribution in [2.24, 2.45) is 0 Å². The highest BCUT2D eigenvalue weighted by atomic mass is 32.2. The number of sulfonamides is 1. The average molecular weight is 508 g/mol. The Bertz CT molecular complexity index is 1480. The first-order chi connectivity index (χ1) is 17.3. The number of carbonyl (C=O) groups is 1. The molecule has 1 saturated heterocycles. The van der Waals surface area contributed by atoms with E-state index in [2.05, 4.69) is 40.3 Å². The van der Waals surface area contributed by atoms with Crippen LogP contribution >= 0.6 is 0 Å². The Morgan fingerprint density at radius 3 is 2.42 bits per heavy atom. The fraction of sp³-hybridized carbons (Fsp3) is 0.261. The maximum Gasteiger partial charge on any atom is 0.238 e. The number of nitrogens with zero attached hydrogens (tertiary/aromatic N) is 6. The van der Waals surface area contributed by atoms with Gasteiger partial charge in [-0.3, -0.25) is 14.4 Å². The summed E-state index contributed by atoms with van der Waals surface area (Å²) in [6, 6.07) is 10.6. The molecule has 13 heteroatoms. The van der Waals surface area contributed by atoms with Gasteiger partial charge in [0.05, 0.1) is 42.0 Å². The van der Waals surface area contributed by atoms with Gasteiger partial charge in [0.2, 0.25) is 21.9 Å². The second kappa shape index (κ2) is 9.87. The molecular weight excluding hydrogens is 482 g/mol. The van der Waals surface area contributed by atoms with E-state index < -0.39 is 10.0 Å². The second-order valence-corrected chi connectivity index (χ2v) is 10.3. The smallest absolute Gasteiger partial charge is 0.238 e. The normalized spacial score (nSPS) is 14.1. The molecule has 0 spiro atoms. The summed E-state index contributed by atoms with van der Waals surface area (Å²) in [5.41, 5.74) is 2.69. The van der Waals surface area contributed by atoms with Crippen LogP contribution in [0.3, 0.4) is 0 Å². The van der Waals surface area contributed by atoms with Crippen LogP contribution in [0.5, 0.6) is 0 Å². The molecule has 1 amide bonds. The molecule has 186 valence electrons. The molecule has 0 bridgehead atoms. The SMILES string of the molecule is CS(=O)(=O)Nc1ccc(Nc2ncc3cnn(-c4ccc(NC(=O)CN5CCCC5)cc4)c3n2)cn1. The number of hydrogen-bond acceptors (Lipinski definition) is 9. The van der Waals surface area contributed by atoms with Crippen molar-refractivity contribution < 1.29 is 13.2 Å². The molecule has 12 nitrogen and oxygen atoms in total. The van der Waals surface area contributed by atoms with E-state index in [0.29, 0.717) is 23.8 Å². The van der Waals surface area contributed by atoms with Crippen LogP contribution in [0, 0.1) is 0 Å². The molecule has 0 unspecified atom stereocenters. The second-order valence-electron chi connectivity index (χ2n) is 8.54. The largest absolute Gasteiger partial charge is 0.325 e. The molecule has 4 aromatic rings. The lowest BCUT2D eigenvalue weighted by Crippen LogP contribution is -2.30. The summed E-state index contributed by atoms with van der Waals surface area (Å²) in [6.45, 7) is 2.35. The molecule has 0 aliphatic carbocycles. The summed E-state index contributed by atoms with van der Waals surface area (Å²) >= 11 is 0. The molecule has 1 aromatic carbocycles. The zero-order valence-corrected chi connectivity index (χ0v) is 20.4. The molecule has 1 aliphatic heterocycles. The number of likely N-dealkylation sites (tertiary alicyclic amines) is 1. The molecule has 3 N–H and O–H groups in total. The van der Waals surface area contributed by atoms with Gasteiger partial charge in [-0.1, -0.05) is 0 Å². The van der Waals surface area contributed by atoms with E-state index in [1.807, 2.05) is 24.3 Å². The van der Waals surface area contributed by atoms with Crippen LogP contribution in [-0.4, -0.2) is 69.8 Å². The van der Waals surface area contributed by atoms with Crippen LogP contribution in [0.15, 0.2) is 55.0 Å². The predicted octanol–water partition coefficient (Wildman–Crippen LogP) is 2.36. The zero-order chi connectivity index (χ0) is 25.1. The molecule has 36 heavy (non-hydrogen) atoms. The maximum absolute atomic E-state index is 12.3. The first-order valence-electron chi connectivity index (χ1n) is 11.4. The number of aromatic nitrogens is 5. The van der Waals surface area contributed by atoms with Gasteiger partial charge in [-0.2, -0.15) is 10.1 Å². The molecule has 1 aliphatic rings. The van der Waals surface area contributed by atoms with Crippen LogP contribution in [0.1, 0.15) is 12.8 Å². The average Bonchev–Trinajstić information content (AvgIpc) is 3.50. The highest BCUT2D eigenvalue weighted by Gasteiger charge is 2.15. The highest BCUT2D eigenvalue weighted by Crippen LogP contribution is 2.21. The minimum Gasteiger partial charge on any atom is -0.325 e. The van der Waals surface area contributed by atoms with E-state index in [-0.39, 0.29) is 11.7 Å². The first kappa shape index (κ1) is 23.6. The Balaban J connectivity index is 1.29. The Kier molecular flexibility index (Phi) is 6.48. The van der Waals surface area contributed by atoms with E-state index >= 15 is 0 Å². The van der Waals surface area contributed by atoms with E-state index in [9.17, 15) is 13.2 Å². The number of anilines is 4. The number of benzene rings is 1. The van der Waals surface area contributed by atoms with Crippen LogP contribution in [-0.2, 0) is 14.8 Å². The van der Waals surface area contributed by atoms with E-state index in [0.717, 1.165) is 48.9 Å². The number of rotatable bonds is 8. The van der Waals surface area contributed by atoms with Crippen molar-refractivity contribution in [3.8, 4) is 5.69 Å². The van der Waals surface area contributed by atoms with Gasteiger partial charge in [-0.05, 0) is 62.3 Å². The number of amides is 1. The first-order valence-corrected chi connectivity index (χ1v) is 13.3. The van der Waals surface area contributed by atoms with Gasteiger partial charge in [0.15, 0.2) is 5.65 Å². The number of nitrogens with one attached hydrogen (secondary N) is 3. The summed E-state index contributed by atoms with van der Waals surface area (Å²) in [4.78, 5) is 27.4. The van der Waals surface area contributed by atoms with Gasteiger partial charge in [0, 0.05) is 11.9 Å². The summed E-state index contributed by atoms with van der Waals surface area (Å²) in [7, 11) is -3.40. The van der Waals surface area contributed by atoms with Gasteiger partial charge in [0.25, 0.3) is 0 Å². The summed E-state index contributed by atoms with van der Waals surface area (Å²) in [5, 5.41) is 11.2. The number of pyridine rings is 1. The third-order valence-electron chi connectivity index (χ3n) is 5.58. The van der Waals surface area contributed by atoms with Crippen LogP contribution in [0.4, 0.5) is 23.1 Å². The third-order valence-corrected chi connectivity index (χ3v) is 6.16. The van der Waals surface area contributed by atoms with Crippen molar-refractivity contribution in [3.63, 3.8) is 0 Å². The van der Waals surface area contributed by atoms with Crippen LogP contribution < -0.4 is 15.4 Å². The fourth-order valence-electron chi connectivity index (χ4n) is 3.94. The highest BCUT2D eigenvalue weighted by molar-refractivity contribution is 7.92. The Hall–Kier alpha value is -4.10. The fourth-order valence-corrected chi connectivity index (χ4v) is 4.44.